The van der Waals surface area contributed by atoms with Gasteiger partial charge in [-0.1, -0.05) is 6.07 Å². The number of rotatable bonds is 4. The third kappa shape index (κ3) is 2.61. The standard InChI is InChI=1S/C13H10N4O3S/c18-13-9-4-12(17(19)20)11(5-10(9)15-7-16-13)14-6-8-2-1-3-21-8/h1-5,7,14H,6H2,(H,15,16,18). The number of hydrogen-bond acceptors (Lipinski definition) is 6. The van der Waals surface area contributed by atoms with Crippen molar-refractivity contribution < 1.29 is 4.92 Å². The van der Waals surface area contributed by atoms with Gasteiger partial charge in [0.15, 0.2) is 0 Å². The Morgan fingerprint density at radius 1 is 1.43 bits per heavy atom. The van der Waals surface area contributed by atoms with E-state index in [1.54, 1.807) is 11.3 Å². The highest BCUT2D eigenvalue weighted by atomic mass is 32.1. The van der Waals surface area contributed by atoms with Gasteiger partial charge in [0, 0.05) is 17.5 Å². The smallest absolute Gasteiger partial charge is 0.293 e. The lowest BCUT2D eigenvalue weighted by Gasteiger charge is -2.07. The summed E-state index contributed by atoms with van der Waals surface area (Å²) in [4.78, 5) is 29.8. The first-order valence-corrected chi connectivity index (χ1v) is 6.95. The van der Waals surface area contributed by atoms with Crippen LogP contribution in [-0.4, -0.2) is 14.9 Å². The van der Waals surface area contributed by atoms with E-state index in [2.05, 4.69) is 15.3 Å². The van der Waals surface area contributed by atoms with E-state index in [0.717, 1.165) is 4.88 Å². The minimum Gasteiger partial charge on any atom is -0.375 e. The zero-order valence-electron chi connectivity index (χ0n) is 10.7. The fourth-order valence-electron chi connectivity index (χ4n) is 1.99. The van der Waals surface area contributed by atoms with Crippen molar-refractivity contribution in [3.63, 3.8) is 0 Å². The molecule has 106 valence electrons. The lowest BCUT2D eigenvalue weighted by Crippen LogP contribution is -2.08. The molecular formula is C13H10N4O3S. The Hall–Kier alpha value is -2.74. The molecule has 0 amide bonds. The highest BCUT2D eigenvalue weighted by molar-refractivity contribution is 7.09. The van der Waals surface area contributed by atoms with Gasteiger partial charge in [-0.2, -0.15) is 0 Å². The molecule has 21 heavy (non-hydrogen) atoms. The Balaban J connectivity index is 2.05. The molecule has 0 saturated carbocycles. The number of aromatic amines is 1. The van der Waals surface area contributed by atoms with E-state index in [-0.39, 0.29) is 11.1 Å². The second-order valence-electron chi connectivity index (χ2n) is 4.31. The van der Waals surface area contributed by atoms with Gasteiger partial charge in [0.05, 0.1) is 22.2 Å². The van der Waals surface area contributed by atoms with E-state index >= 15 is 0 Å². The molecule has 1 aromatic carbocycles. The largest absolute Gasteiger partial charge is 0.375 e. The highest BCUT2D eigenvalue weighted by Crippen LogP contribution is 2.28. The highest BCUT2D eigenvalue weighted by Gasteiger charge is 2.17. The number of nitrogens with one attached hydrogen (secondary N) is 2. The number of hydrogen-bond donors (Lipinski definition) is 2. The molecule has 8 heteroatoms. The Morgan fingerprint density at radius 2 is 2.29 bits per heavy atom. The average molecular weight is 302 g/mol. The summed E-state index contributed by atoms with van der Waals surface area (Å²) in [5.41, 5.74) is 0.225. The van der Waals surface area contributed by atoms with Gasteiger partial charge in [0.1, 0.15) is 5.69 Å². The molecule has 0 aliphatic heterocycles. The summed E-state index contributed by atoms with van der Waals surface area (Å²) < 4.78 is 0. The molecule has 3 aromatic rings. The summed E-state index contributed by atoms with van der Waals surface area (Å²) in [7, 11) is 0. The topological polar surface area (TPSA) is 101 Å². The Morgan fingerprint density at radius 3 is 3.00 bits per heavy atom. The number of nitrogens with zero attached hydrogens (tertiary/aromatic N) is 2. The second kappa shape index (κ2) is 5.33. The maximum absolute atomic E-state index is 11.7. The molecule has 0 aliphatic carbocycles. The van der Waals surface area contributed by atoms with Gasteiger partial charge in [0.2, 0.25) is 0 Å². The SMILES string of the molecule is O=c1[nH]cnc2cc(NCc3cccs3)c([N+](=O)[O-])cc12. The van der Waals surface area contributed by atoms with Crippen LogP contribution >= 0.6 is 11.3 Å². The van der Waals surface area contributed by atoms with E-state index in [1.807, 2.05) is 17.5 Å². The monoisotopic (exact) mass is 302 g/mol. The molecule has 2 heterocycles. The Bertz CT molecular complexity index is 857. The van der Waals surface area contributed by atoms with E-state index in [4.69, 9.17) is 0 Å². The lowest BCUT2D eigenvalue weighted by molar-refractivity contribution is -0.383. The fraction of sp³-hybridized carbons (Fsp3) is 0.0769. The minimum atomic E-state index is -0.511. The third-order valence-corrected chi connectivity index (χ3v) is 3.86. The first-order valence-electron chi connectivity index (χ1n) is 6.07. The maximum Gasteiger partial charge on any atom is 0.293 e. The van der Waals surface area contributed by atoms with Gasteiger partial charge in [-0.15, -0.1) is 11.3 Å². The number of nitro benzene ring substituents is 1. The van der Waals surface area contributed by atoms with Gasteiger partial charge in [0.25, 0.3) is 11.2 Å². The molecular weight excluding hydrogens is 292 g/mol. The lowest BCUT2D eigenvalue weighted by atomic mass is 10.2. The molecule has 7 nitrogen and oxygen atoms in total. The normalized spacial score (nSPS) is 10.7. The molecule has 0 spiro atoms. The van der Waals surface area contributed by atoms with Crippen LogP contribution in [0.3, 0.4) is 0 Å². The van der Waals surface area contributed by atoms with Gasteiger partial charge < -0.3 is 10.3 Å². The first-order chi connectivity index (χ1) is 10.1. The van der Waals surface area contributed by atoms with Crippen LogP contribution in [0.4, 0.5) is 11.4 Å². The maximum atomic E-state index is 11.7. The number of thiophene rings is 1. The fourth-order valence-corrected chi connectivity index (χ4v) is 2.64. The third-order valence-electron chi connectivity index (χ3n) is 2.99. The summed E-state index contributed by atoms with van der Waals surface area (Å²) in [5.74, 6) is 0. The van der Waals surface area contributed by atoms with Gasteiger partial charge in [-0.05, 0) is 17.5 Å². The van der Waals surface area contributed by atoms with Crippen LogP contribution in [0.2, 0.25) is 0 Å². The van der Waals surface area contributed by atoms with E-state index in [0.29, 0.717) is 17.7 Å². The van der Waals surface area contributed by atoms with Crippen molar-refractivity contribution in [2.45, 2.75) is 6.54 Å². The molecule has 0 unspecified atom stereocenters. The number of H-pyrrole nitrogens is 1. The van der Waals surface area contributed by atoms with Crippen LogP contribution in [0, 0.1) is 10.1 Å². The van der Waals surface area contributed by atoms with E-state index < -0.39 is 10.5 Å². The second-order valence-corrected chi connectivity index (χ2v) is 5.34. The summed E-state index contributed by atoms with van der Waals surface area (Å²) in [5, 5.41) is 16.3. The molecule has 2 aromatic heterocycles. The molecule has 2 N–H and O–H groups in total. The molecule has 0 aliphatic rings. The van der Waals surface area contributed by atoms with Crippen LogP contribution in [0.5, 0.6) is 0 Å². The van der Waals surface area contributed by atoms with Crippen molar-refractivity contribution in [3.05, 3.63) is 61.3 Å². The van der Waals surface area contributed by atoms with Gasteiger partial charge >= 0.3 is 0 Å². The Kier molecular flexibility index (Phi) is 3.36. The first kappa shape index (κ1) is 13.3. The van der Waals surface area contributed by atoms with E-state index in [9.17, 15) is 14.9 Å². The number of anilines is 1. The zero-order chi connectivity index (χ0) is 14.8. The number of benzene rings is 1. The van der Waals surface area contributed by atoms with Gasteiger partial charge in [-0.3, -0.25) is 14.9 Å². The van der Waals surface area contributed by atoms with Gasteiger partial charge in [-0.25, -0.2) is 4.98 Å². The van der Waals surface area contributed by atoms with Crippen LogP contribution in [0.25, 0.3) is 10.9 Å². The van der Waals surface area contributed by atoms with Crippen LogP contribution < -0.4 is 10.9 Å². The van der Waals surface area contributed by atoms with Crippen molar-refractivity contribution in [1.82, 2.24) is 9.97 Å². The number of aromatic nitrogens is 2. The molecule has 0 bridgehead atoms. The summed E-state index contributed by atoms with van der Waals surface area (Å²) >= 11 is 1.56. The van der Waals surface area contributed by atoms with Crippen molar-refractivity contribution >= 4 is 33.6 Å². The summed E-state index contributed by atoms with van der Waals surface area (Å²) in [6.45, 7) is 0.479. The predicted molar refractivity (Wildman–Crippen MR) is 80.7 cm³/mol. The van der Waals surface area contributed by atoms with Crippen LogP contribution in [-0.2, 0) is 6.54 Å². The molecule has 0 fully saturated rings. The number of nitro groups is 1. The Labute approximate surface area is 122 Å². The van der Waals surface area contributed by atoms with E-state index in [1.165, 1.54) is 18.5 Å². The van der Waals surface area contributed by atoms with Crippen molar-refractivity contribution in [3.8, 4) is 0 Å². The van der Waals surface area contributed by atoms with Crippen molar-refractivity contribution in [2.24, 2.45) is 0 Å². The van der Waals surface area contributed by atoms with Crippen molar-refractivity contribution in [1.29, 1.82) is 0 Å². The number of fused-ring (bicyclic) bond motifs is 1. The van der Waals surface area contributed by atoms with Crippen LogP contribution in [0.1, 0.15) is 4.88 Å². The minimum absolute atomic E-state index is 0.141. The molecule has 3 rings (SSSR count). The van der Waals surface area contributed by atoms with Crippen molar-refractivity contribution in [2.75, 3.05) is 5.32 Å². The molecule has 0 saturated heterocycles. The summed E-state index contributed by atoms with van der Waals surface area (Å²) in [6.07, 6.45) is 1.28. The van der Waals surface area contributed by atoms with Crippen LogP contribution in [0.15, 0.2) is 40.8 Å². The molecule has 0 atom stereocenters. The average Bonchev–Trinajstić information content (AvgIpc) is 2.97. The molecule has 0 radical (unpaired) electrons. The predicted octanol–water partition coefficient (Wildman–Crippen LogP) is 2.50. The quantitative estimate of drug-likeness (QED) is 0.569. The summed E-state index contributed by atoms with van der Waals surface area (Å²) in [6, 6.07) is 6.62. The zero-order valence-corrected chi connectivity index (χ0v) is 11.5.